The van der Waals surface area contributed by atoms with Gasteiger partial charge in [-0.2, -0.15) is 13.2 Å². The summed E-state index contributed by atoms with van der Waals surface area (Å²) >= 11 is 0. The fourth-order valence-electron chi connectivity index (χ4n) is 3.34. The summed E-state index contributed by atoms with van der Waals surface area (Å²) in [7, 11) is 0. The van der Waals surface area contributed by atoms with Gasteiger partial charge in [0.05, 0.1) is 17.2 Å². The highest BCUT2D eigenvalue weighted by atomic mass is 19.4. The first kappa shape index (κ1) is 13.4. The molecule has 1 saturated heterocycles. The van der Waals surface area contributed by atoms with Crippen LogP contribution >= 0.6 is 0 Å². The lowest BCUT2D eigenvalue weighted by atomic mass is 9.82. The van der Waals surface area contributed by atoms with E-state index in [1.807, 2.05) is 0 Å². The van der Waals surface area contributed by atoms with Crippen LogP contribution in [0.1, 0.15) is 34.3 Å². The number of likely N-dealkylation sites (N-methyl/N-ethyl adjacent to an activating group) is 1. The van der Waals surface area contributed by atoms with Gasteiger partial charge in [-0.15, -0.1) is 0 Å². The highest BCUT2D eigenvalue weighted by Crippen LogP contribution is 2.41. The lowest BCUT2D eigenvalue weighted by Gasteiger charge is -2.38. The largest absolute Gasteiger partial charge is 0.417 e. The Hall–Kier alpha value is -1.56. The molecule has 2 atom stereocenters. The van der Waals surface area contributed by atoms with Crippen LogP contribution in [0.15, 0.2) is 18.2 Å². The molecule has 2 aliphatic rings. The van der Waals surface area contributed by atoms with Crippen LogP contribution in [0.5, 0.6) is 0 Å². The fraction of sp³-hybridized carbons (Fsp3) is 0.500. The minimum Gasteiger partial charge on any atom is -0.334 e. The highest BCUT2D eigenvalue weighted by molar-refractivity contribution is 5.99. The average Bonchev–Trinajstić information content (AvgIpc) is 2.87. The molecule has 2 aliphatic heterocycles. The van der Waals surface area contributed by atoms with Crippen LogP contribution < -0.4 is 5.32 Å². The summed E-state index contributed by atoms with van der Waals surface area (Å²) in [5.41, 5.74) is -0.444. The lowest BCUT2D eigenvalue weighted by molar-refractivity contribution is -0.138. The van der Waals surface area contributed by atoms with Crippen LogP contribution in [0.25, 0.3) is 0 Å². The number of rotatable bonds is 1. The molecule has 0 aliphatic carbocycles. The number of halogens is 3. The van der Waals surface area contributed by atoms with Crippen molar-refractivity contribution in [2.75, 3.05) is 19.6 Å². The summed E-state index contributed by atoms with van der Waals surface area (Å²) in [6.07, 6.45) is -4.50. The predicted molar refractivity (Wildman–Crippen MR) is 67.6 cm³/mol. The number of nitrogens with zero attached hydrogens (tertiary/aromatic N) is 1. The minimum absolute atomic E-state index is 0.0384. The second-order valence-corrected chi connectivity index (χ2v) is 5.19. The van der Waals surface area contributed by atoms with Crippen molar-refractivity contribution in [2.24, 2.45) is 0 Å². The van der Waals surface area contributed by atoms with Gasteiger partial charge in [-0.3, -0.25) is 4.79 Å². The first-order valence-corrected chi connectivity index (χ1v) is 6.67. The summed E-state index contributed by atoms with van der Waals surface area (Å²) in [5, 5.41) is 3.17. The number of benzene rings is 1. The van der Waals surface area contributed by atoms with E-state index in [2.05, 4.69) is 5.32 Å². The number of alkyl halides is 3. The van der Waals surface area contributed by atoms with Crippen molar-refractivity contribution in [1.82, 2.24) is 10.2 Å². The zero-order valence-electron chi connectivity index (χ0n) is 11.0. The van der Waals surface area contributed by atoms with E-state index in [4.69, 9.17) is 0 Å². The van der Waals surface area contributed by atoms with E-state index in [-0.39, 0.29) is 17.5 Å². The van der Waals surface area contributed by atoms with E-state index < -0.39 is 17.6 Å². The number of hydrogen-bond donors (Lipinski definition) is 1. The van der Waals surface area contributed by atoms with Crippen molar-refractivity contribution in [3.05, 3.63) is 34.9 Å². The molecule has 0 radical (unpaired) electrons. The van der Waals surface area contributed by atoms with Gasteiger partial charge >= 0.3 is 6.18 Å². The van der Waals surface area contributed by atoms with E-state index in [1.165, 1.54) is 6.07 Å². The third-order valence-electron chi connectivity index (χ3n) is 4.20. The Labute approximate surface area is 114 Å². The number of nitrogens with one attached hydrogen (secondary N) is 1. The summed E-state index contributed by atoms with van der Waals surface area (Å²) in [5.74, 6) is -0.551. The maximum Gasteiger partial charge on any atom is 0.417 e. The van der Waals surface area contributed by atoms with Crippen molar-refractivity contribution in [2.45, 2.75) is 25.1 Å². The second kappa shape index (κ2) is 4.48. The zero-order valence-corrected chi connectivity index (χ0v) is 11.0. The molecule has 1 fully saturated rings. The van der Waals surface area contributed by atoms with Gasteiger partial charge in [0, 0.05) is 25.6 Å². The molecule has 0 saturated carbocycles. The Morgan fingerprint density at radius 3 is 2.75 bits per heavy atom. The van der Waals surface area contributed by atoms with E-state index in [9.17, 15) is 18.0 Å². The molecule has 1 N–H and O–H groups in total. The van der Waals surface area contributed by atoms with Gasteiger partial charge in [-0.1, -0.05) is 12.1 Å². The van der Waals surface area contributed by atoms with Crippen molar-refractivity contribution in [3.8, 4) is 0 Å². The van der Waals surface area contributed by atoms with Gasteiger partial charge in [-0.25, -0.2) is 0 Å². The molecule has 1 aromatic carbocycles. The van der Waals surface area contributed by atoms with Crippen LogP contribution in [-0.2, 0) is 6.18 Å². The summed E-state index contributed by atoms with van der Waals surface area (Å²) in [4.78, 5) is 14.0. The molecule has 0 aromatic heterocycles. The quantitative estimate of drug-likeness (QED) is 0.857. The lowest BCUT2D eigenvalue weighted by Crippen LogP contribution is -2.48. The van der Waals surface area contributed by atoms with E-state index in [1.54, 1.807) is 17.9 Å². The summed E-state index contributed by atoms with van der Waals surface area (Å²) < 4.78 is 39.4. The van der Waals surface area contributed by atoms with Crippen LogP contribution in [0.3, 0.4) is 0 Å². The van der Waals surface area contributed by atoms with Gasteiger partial charge in [0.1, 0.15) is 0 Å². The maximum absolute atomic E-state index is 13.1. The Kier molecular flexibility index (Phi) is 3.01. The Morgan fingerprint density at radius 1 is 1.35 bits per heavy atom. The molecule has 0 spiro atoms. The average molecular weight is 284 g/mol. The number of fused-ring (bicyclic) bond motifs is 3. The van der Waals surface area contributed by atoms with E-state index >= 15 is 0 Å². The van der Waals surface area contributed by atoms with Gasteiger partial charge in [-0.05, 0) is 18.6 Å². The van der Waals surface area contributed by atoms with Crippen molar-refractivity contribution in [1.29, 1.82) is 0 Å². The van der Waals surface area contributed by atoms with Crippen LogP contribution in [-0.4, -0.2) is 36.5 Å². The van der Waals surface area contributed by atoms with Crippen molar-refractivity contribution < 1.29 is 18.0 Å². The molecule has 108 valence electrons. The standard InChI is InChI=1S/C14H15F3N2O/c1-2-19-11-7-18-6-9(11)8-4-3-5-10(14(15,16)17)12(8)13(19)20/h3-5,9,11,18H,2,6-7H2,1H3. The molecule has 2 unspecified atom stereocenters. The Morgan fingerprint density at radius 2 is 2.10 bits per heavy atom. The molecule has 0 bridgehead atoms. The van der Waals surface area contributed by atoms with E-state index in [0.717, 1.165) is 6.07 Å². The predicted octanol–water partition coefficient (Wildman–Crippen LogP) is 2.24. The second-order valence-electron chi connectivity index (χ2n) is 5.19. The molecule has 1 aromatic rings. The summed E-state index contributed by atoms with van der Waals surface area (Å²) in [6, 6.07) is 4.00. The Balaban J connectivity index is 2.21. The third-order valence-corrected chi connectivity index (χ3v) is 4.20. The number of amides is 1. The monoisotopic (exact) mass is 284 g/mol. The van der Waals surface area contributed by atoms with Gasteiger partial charge in [0.2, 0.25) is 0 Å². The topological polar surface area (TPSA) is 32.3 Å². The maximum atomic E-state index is 13.1. The zero-order chi connectivity index (χ0) is 14.5. The number of hydrogen-bond acceptors (Lipinski definition) is 2. The molecule has 3 nitrogen and oxygen atoms in total. The molecular formula is C14H15F3N2O. The van der Waals surface area contributed by atoms with Crippen LogP contribution in [0, 0.1) is 0 Å². The first-order chi connectivity index (χ1) is 9.45. The minimum atomic E-state index is -4.50. The van der Waals surface area contributed by atoms with Gasteiger partial charge in [0.25, 0.3) is 5.91 Å². The van der Waals surface area contributed by atoms with Gasteiger partial charge < -0.3 is 10.2 Å². The van der Waals surface area contributed by atoms with Gasteiger partial charge in [0.15, 0.2) is 0 Å². The van der Waals surface area contributed by atoms with E-state index in [0.29, 0.717) is 25.2 Å². The molecule has 1 amide bonds. The number of carbonyl (C=O) groups is 1. The highest BCUT2D eigenvalue weighted by Gasteiger charge is 2.46. The smallest absolute Gasteiger partial charge is 0.334 e. The molecular weight excluding hydrogens is 269 g/mol. The molecule has 6 heteroatoms. The Bertz CT molecular complexity index is 556. The van der Waals surface area contributed by atoms with Crippen molar-refractivity contribution >= 4 is 5.91 Å². The SMILES string of the molecule is CCN1C(=O)c2c(cccc2C(F)(F)F)C2CNCC21. The normalized spacial score (nSPS) is 25.6. The first-order valence-electron chi connectivity index (χ1n) is 6.67. The van der Waals surface area contributed by atoms with Crippen molar-refractivity contribution in [3.63, 3.8) is 0 Å². The summed E-state index contributed by atoms with van der Waals surface area (Å²) in [6.45, 7) is 3.48. The molecule has 20 heavy (non-hydrogen) atoms. The third kappa shape index (κ3) is 1.82. The molecule has 3 rings (SSSR count). The molecule has 2 heterocycles. The van der Waals surface area contributed by atoms with Crippen LogP contribution in [0.4, 0.5) is 13.2 Å². The fourth-order valence-corrected chi connectivity index (χ4v) is 3.34. The van der Waals surface area contributed by atoms with Crippen LogP contribution in [0.2, 0.25) is 0 Å². The number of carbonyl (C=O) groups excluding carboxylic acids is 1.